The van der Waals surface area contributed by atoms with Gasteiger partial charge < -0.3 is 20.4 Å². The Balaban J connectivity index is 2.79. The molecule has 0 aromatic carbocycles. The van der Waals surface area contributed by atoms with Gasteiger partial charge in [0.2, 0.25) is 0 Å². The van der Waals surface area contributed by atoms with Crippen LogP contribution in [0.1, 0.15) is 26.2 Å². The topological polar surface area (TPSA) is 98.0 Å². The minimum absolute atomic E-state index is 0.257. The molecule has 3 atom stereocenters. The second-order valence-electron chi connectivity index (χ2n) is 4.93. The third-order valence-corrected chi connectivity index (χ3v) is 3.31. The van der Waals surface area contributed by atoms with Gasteiger partial charge in [0, 0.05) is 5.57 Å². The highest BCUT2D eigenvalue weighted by Crippen LogP contribution is 2.31. The van der Waals surface area contributed by atoms with Crippen molar-refractivity contribution < 1.29 is 25.2 Å². The number of ketones is 1. The lowest BCUT2D eigenvalue weighted by Crippen LogP contribution is -2.28. The van der Waals surface area contributed by atoms with E-state index in [1.54, 1.807) is 0 Å². The molecule has 4 N–H and O–H groups in total. The maximum Gasteiger partial charge on any atom is 0.184 e. The van der Waals surface area contributed by atoms with Crippen LogP contribution >= 0.6 is 0 Å². The maximum absolute atomic E-state index is 11.7. The lowest BCUT2D eigenvalue weighted by Gasteiger charge is -2.21. The first-order valence-corrected chi connectivity index (χ1v) is 6.76. The number of hydrogen-bond acceptors (Lipinski definition) is 5. The Labute approximate surface area is 118 Å². The third-order valence-electron chi connectivity index (χ3n) is 3.31. The highest BCUT2D eigenvalue weighted by Gasteiger charge is 2.36. The van der Waals surface area contributed by atoms with Crippen molar-refractivity contribution in [2.24, 2.45) is 0 Å². The first kappa shape index (κ1) is 16.8. The summed E-state index contributed by atoms with van der Waals surface area (Å²) in [5.41, 5.74) is -0.995. The van der Waals surface area contributed by atoms with Crippen molar-refractivity contribution in [1.29, 1.82) is 0 Å². The molecular weight excluding hydrogens is 260 g/mol. The van der Waals surface area contributed by atoms with Gasteiger partial charge in [-0.2, -0.15) is 0 Å². The van der Waals surface area contributed by atoms with Crippen LogP contribution in [0.25, 0.3) is 0 Å². The van der Waals surface area contributed by atoms with Crippen LogP contribution in [0.2, 0.25) is 0 Å². The largest absolute Gasteiger partial charge is 0.394 e. The molecule has 20 heavy (non-hydrogen) atoms. The Morgan fingerprint density at radius 3 is 2.70 bits per heavy atom. The molecule has 0 heterocycles. The smallest absolute Gasteiger partial charge is 0.184 e. The normalized spacial score (nSPS) is 27.6. The van der Waals surface area contributed by atoms with Gasteiger partial charge in [-0.15, -0.1) is 0 Å². The minimum Gasteiger partial charge on any atom is -0.394 e. The fourth-order valence-corrected chi connectivity index (χ4v) is 2.00. The molecule has 3 unspecified atom stereocenters. The van der Waals surface area contributed by atoms with Gasteiger partial charge in [-0.3, -0.25) is 4.79 Å². The van der Waals surface area contributed by atoms with E-state index in [1.807, 2.05) is 6.92 Å². The molecule has 0 radical (unpaired) electrons. The summed E-state index contributed by atoms with van der Waals surface area (Å²) in [4.78, 5) is 11.7. The number of carbonyl (C=O) groups excluding carboxylic acids is 1. The van der Waals surface area contributed by atoms with Crippen LogP contribution in [-0.2, 0) is 4.79 Å². The Morgan fingerprint density at radius 2 is 2.10 bits per heavy atom. The molecule has 0 saturated heterocycles. The first-order chi connectivity index (χ1) is 9.44. The third kappa shape index (κ3) is 4.11. The van der Waals surface area contributed by atoms with E-state index in [0.717, 1.165) is 12.8 Å². The van der Waals surface area contributed by atoms with Crippen molar-refractivity contribution in [2.75, 3.05) is 6.61 Å². The van der Waals surface area contributed by atoms with E-state index in [9.17, 15) is 20.1 Å². The molecule has 1 aliphatic rings. The predicted octanol–water partition coefficient (Wildman–Crippen LogP) is 0.243. The molecule has 0 aliphatic heterocycles. The lowest BCUT2D eigenvalue weighted by molar-refractivity contribution is -0.112. The van der Waals surface area contributed by atoms with Crippen molar-refractivity contribution >= 4 is 5.78 Å². The van der Waals surface area contributed by atoms with Crippen LogP contribution in [-0.4, -0.2) is 50.6 Å². The van der Waals surface area contributed by atoms with Gasteiger partial charge >= 0.3 is 0 Å². The first-order valence-electron chi connectivity index (χ1n) is 6.76. The van der Waals surface area contributed by atoms with Crippen molar-refractivity contribution in [2.45, 2.75) is 44.0 Å². The summed E-state index contributed by atoms with van der Waals surface area (Å²) in [6.07, 6.45) is 6.62. The molecule has 1 aliphatic carbocycles. The Hall–Kier alpha value is -1.27. The number of allylic oxidation sites excluding steroid dienone is 3. The number of aliphatic hydroxyl groups is 4. The van der Waals surface area contributed by atoms with Crippen molar-refractivity contribution in [3.63, 3.8) is 0 Å². The second kappa shape index (κ2) is 7.50. The van der Waals surface area contributed by atoms with E-state index >= 15 is 0 Å². The van der Waals surface area contributed by atoms with Crippen LogP contribution < -0.4 is 0 Å². The van der Waals surface area contributed by atoms with E-state index < -0.39 is 24.4 Å². The van der Waals surface area contributed by atoms with Gasteiger partial charge in [0.25, 0.3) is 0 Å². The SMILES string of the molecule is CCCCC1(O)C=CC(=O)C1=CC=CC(O)C(O)CO. The van der Waals surface area contributed by atoms with Crippen LogP contribution in [0, 0.1) is 0 Å². The van der Waals surface area contributed by atoms with Crippen molar-refractivity contribution in [3.05, 3.63) is 36.0 Å². The quantitative estimate of drug-likeness (QED) is 0.502. The molecule has 0 amide bonds. The zero-order chi connectivity index (χ0) is 15.2. The molecular formula is C15H22O5. The molecule has 0 fully saturated rings. The van der Waals surface area contributed by atoms with E-state index in [1.165, 1.54) is 30.4 Å². The second-order valence-corrected chi connectivity index (χ2v) is 4.93. The van der Waals surface area contributed by atoms with Gasteiger partial charge in [0.05, 0.1) is 6.61 Å². The van der Waals surface area contributed by atoms with Crippen LogP contribution in [0.15, 0.2) is 36.0 Å². The summed E-state index contributed by atoms with van der Waals surface area (Å²) in [6.45, 7) is 1.45. The Morgan fingerprint density at radius 1 is 1.40 bits per heavy atom. The number of aliphatic hydroxyl groups excluding tert-OH is 3. The van der Waals surface area contributed by atoms with Gasteiger partial charge in [-0.05, 0) is 18.6 Å². The maximum atomic E-state index is 11.7. The van der Waals surface area contributed by atoms with E-state index in [-0.39, 0.29) is 11.4 Å². The fraction of sp³-hybridized carbons (Fsp3) is 0.533. The van der Waals surface area contributed by atoms with E-state index in [0.29, 0.717) is 6.42 Å². The van der Waals surface area contributed by atoms with Gasteiger partial charge in [0.1, 0.15) is 17.8 Å². The summed E-state index contributed by atoms with van der Waals surface area (Å²) in [5, 5.41) is 37.7. The Kier molecular flexibility index (Phi) is 6.29. The average molecular weight is 282 g/mol. The van der Waals surface area contributed by atoms with Gasteiger partial charge in [0.15, 0.2) is 5.78 Å². The summed E-state index contributed by atoms with van der Waals surface area (Å²) < 4.78 is 0. The zero-order valence-corrected chi connectivity index (χ0v) is 11.6. The molecule has 0 spiro atoms. The minimum atomic E-state index is -1.26. The zero-order valence-electron chi connectivity index (χ0n) is 11.6. The van der Waals surface area contributed by atoms with Crippen molar-refractivity contribution in [3.8, 4) is 0 Å². The fourth-order valence-electron chi connectivity index (χ4n) is 2.00. The highest BCUT2D eigenvalue weighted by atomic mass is 16.4. The molecule has 5 nitrogen and oxygen atoms in total. The highest BCUT2D eigenvalue weighted by molar-refractivity contribution is 6.09. The molecule has 5 heteroatoms. The van der Waals surface area contributed by atoms with Gasteiger partial charge in [-0.1, -0.05) is 38.0 Å². The lowest BCUT2D eigenvalue weighted by atomic mass is 9.90. The molecule has 112 valence electrons. The van der Waals surface area contributed by atoms with E-state index in [4.69, 9.17) is 5.11 Å². The number of unbranched alkanes of at least 4 members (excludes halogenated alkanes) is 1. The monoisotopic (exact) mass is 282 g/mol. The number of hydrogen-bond donors (Lipinski definition) is 4. The number of carbonyl (C=O) groups is 1. The molecule has 0 bridgehead atoms. The van der Waals surface area contributed by atoms with E-state index in [2.05, 4.69) is 0 Å². The molecule has 1 rings (SSSR count). The van der Waals surface area contributed by atoms with Gasteiger partial charge in [-0.25, -0.2) is 0 Å². The molecule has 0 aromatic rings. The number of rotatable bonds is 7. The van der Waals surface area contributed by atoms with Crippen molar-refractivity contribution in [1.82, 2.24) is 0 Å². The Bertz CT molecular complexity index is 424. The molecule has 0 aromatic heterocycles. The average Bonchev–Trinajstić information content (AvgIpc) is 2.72. The summed E-state index contributed by atoms with van der Waals surface area (Å²) in [6, 6.07) is 0. The van der Waals surface area contributed by atoms with Crippen LogP contribution in [0.4, 0.5) is 0 Å². The standard InChI is InChI=1S/C15H22O5/c1-2-3-8-15(20)9-7-12(17)11(15)5-4-6-13(18)14(19)10-16/h4-7,9,13-14,16,18-20H,2-3,8,10H2,1H3. The predicted molar refractivity (Wildman–Crippen MR) is 74.9 cm³/mol. The summed E-state index contributed by atoms with van der Waals surface area (Å²) in [5.74, 6) is -0.259. The summed E-state index contributed by atoms with van der Waals surface area (Å²) in [7, 11) is 0. The summed E-state index contributed by atoms with van der Waals surface area (Å²) >= 11 is 0. The van der Waals surface area contributed by atoms with Crippen LogP contribution in [0.3, 0.4) is 0 Å². The molecule has 0 saturated carbocycles. The van der Waals surface area contributed by atoms with Crippen LogP contribution in [0.5, 0.6) is 0 Å².